The number of H-pyrrole nitrogens is 1. The maximum atomic E-state index is 8.41. The molecule has 0 saturated heterocycles. The summed E-state index contributed by atoms with van der Waals surface area (Å²) in [6, 6.07) is 0. The molecule has 0 bridgehead atoms. The molecule has 0 aromatic carbocycles. The van der Waals surface area contributed by atoms with E-state index in [0.717, 1.165) is 18.5 Å². The van der Waals surface area contributed by atoms with Gasteiger partial charge in [-0.05, 0) is 12.8 Å². The Morgan fingerprint density at radius 2 is 2.42 bits per heavy atom. The van der Waals surface area contributed by atoms with Gasteiger partial charge in [-0.1, -0.05) is 0 Å². The normalized spacial score (nSPS) is 10.4. The molecule has 0 aliphatic carbocycles. The van der Waals surface area contributed by atoms with Crippen molar-refractivity contribution in [1.82, 2.24) is 9.97 Å². The van der Waals surface area contributed by atoms with Gasteiger partial charge >= 0.3 is 0 Å². The molecule has 12 heavy (non-hydrogen) atoms. The standard InChI is InChI=1S/C8H14N2O2/c11-3-5-12-4-1-2-8-6-9-7-10-8/h6-7,11H,1-5H2,(H,9,10). The molecule has 1 heterocycles. The summed E-state index contributed by atoms with van der Waals surface area (Å²) in [7, 11) is 0. The Morgan fingerprint density at radius 3 is 3.08 bits per heavy atom. The molecule has 1 aromatic heterocycles. The zero-order valence-electron chi connectivity index (χ0n) is 6.99. The molecule has 1 aromatic rings. The fraction of sp³-hybridized carbons (Fsp3) is 0.625. The van der Waals surface area contributed by atoms with Crippen molar-refractivity contribution in [1.29, 1.82) is 0 Å². The van der Waals surface area contributed by atoms with Gasteiger partial charge in [-0.25, -0.2) is 4.98 Å². The summed E-state index contributed by atoms with van der Waals surface area (Å²) in [5.41, 5.74) is 1.13. The Hall–Kier alpha value is -0.870. The SMILES string of the molecule is OCCOCCCc1cnc[nH]1. The summed E-state index contributed by atoms with van der Waals surface area (Å²) >= 11 is 0. The molecule has 0 unspecified atom stereocenters. The lowest BCUT2D eigenvalue weighted by atomic mass is 10.3. The van der Waals surface area contributed by atoms with Gasteiger partial charge in [-0.3, -0.25) is 0 Å². The number of nitrogens with one attached hydrogen (secondary N) is 1. The van der Waals surface area contributed by atoms with E-state index in [0.29, 0.717) is 13.2 Å². The van der Waals surface area contributed by atoms with Crippen LogP contribution in [0.1, 0.15) is 12.1 Å². The first kappa shape index (κ1) is 9.22. The van der Waals surface area contributed by atoms with Crippen molar-refractivity contribution in [3.63, 3.8) is 0 Å². The number of ether oxygens (including phenoxy) is 1. The molecule has 0 aliphatic rings. The van der Waals surface area contributed by atoms with E-state index in [9.17, 15) is 0 Å². The second-order valence-electron chi connectivity index (χ2n) is 2.52. The highest BCUT2D eigenvalue weighted by Gasteiger charge is 1.93. The molecule has 68 valence electrons. The highest BCUT2D eigenvalue weighted by atomic mass is 16.5. The van der Waals surface area contributed by atoms with Crippen molar-refractivity contribution in [2.45, 2.75) is 12.8 Å². The van der Waals surface area contributed by atoms with Crippen LogP contribution in [0.4, 0.5) is 0 Å². The molecule has 2 N–H and O–H groups in total. The number of aliphatic hydroxyl groups excluding tert-OH is 1. The van der Waals surface area contributed by atoms with Crippen molar-refractivity contribution in [3.8, 4) is 0 Å². The van der Waals surface area contributed by atoms with E-state index in [1.807, 2.05) is 6.20 Å². The van der Waals surface area contributed by atoms with Gasteiger partial charge in [-0.15, -0.1) is 0 Å². The lowest BCUT2D eigenvalue weighted by Crippen LogP contribution is -2.01. The Morgan fingerprint density at radius 1 is 1.50 bits per heavy atom. The summed E-state index contributed by atoms with van der Waals surface area (Å²) in [5.74, 6) is 0. The van der Waals surface area contributed by atoms with E-state index < -0.39 is 0 Å². The van der Waals surface area contributed by atoms with E-state index in [4.69, 9.17) is 9.84 Å². The Kier molecular flexibility index (Phi) is 4.41. The zero-order valence-corrected chi connectivity index (χ0v) is 6.99. The van der Waals surface area contributed by atoms with Gasteiger partial charge in [0.15, 0.2) is 0 Å². The van der Waals surface area contributed by atoms with Crippen LogP contribution in [0.2, 0.25) is 0 Å². The highest BCUT2D eigenvalue weighted by Crippen LogP contribution is 1.96. The molecule has 0 spiro atoms. The summed E-state index contributed by atoms with van der Waals surface area (Å²) in [4.78, 5) is 6.91. The minimum absolute atomic E-state index is 0.101. The molecule has 4 heteroatoms. The predicted molar refractivity (Wildman–Crippen MR) is 44.8 cm³/mol. The highest BCUT2D eigenvalue weighted by molar-refractivity contribution is 4.93. The van der Waals surface area contributed by atoms with E-state index in [1.54, 1.807) is 6.33 Å². The van der Waals surface area contributed by atoms with Crippen LogP contribution in [-0.2, 0) is 11.2 Å². The molecule has 0 fully saturated rings. The minimum Gasteiger partial charge on any atom is -0.394 e. The lowest BCUT2D eigenvalue weighted by molar-refractivity contribution is 0.0908. The van der Waals surface area contributed by atoms with Crippen LogP contribution in [0.5, 0.6) is 0 Å². The third-order valence-electron chi connectivity index (χ3n) is 1.53. The van der Waals surface area contributed by atoms with Crippen LogP contribution >= 0.6 is 0 Å². The quantitative estimate of drug-likeness (QED) is 0.606. The number of nitrogens with zero attached hydrogens (tertiary/aromatic N) is 1. The number of imidazole rings is 1. The predicted octanol–water partition coefficient (Wildman–Crippen LogP) is 0.351. The monoisotopic (exact) mass is 170 g/mol. The number of rotatable bonds is 6. The number of aryl methyl sites for hydroxylation is 1. The number of aromatic nitrogens is 2. The van der Waals surface area contributed by atoms with Gasteiger partial charge < -0.3 is 14.8 Å². The first-order valence-corrected chi connectivity index (χ1v) is 4.09. The Bertz CT molecular complexity index is 187. The fourth-order valence-corrected chi connectivity index (χ4v) is 0.953. The topological polar surface area (TPSA) is 58.1 Å². The van der Waals surface area contributed by atoms with Crippen molar-refractivity contribution >= 4 is 0 Å². The molecule has 4 nitrogen and oxygen atoms in total. The van der Waals surface area contributed by atoms with Gasteiger partial charge in [-0.2, -0.15) is 0 Å². The first-order chi connectivity index (χ1) is 5.93. The van der Waals surface area contributed by atoms with Gasteiger partial charge in [0.1, 0.15) is 0 Å². The largest absolute Gasteiger partial charge is 0.394 e. The minimum atomic E-state index is 0.101. The van der Waals surface area contributed by atoms with Crippen molar-refractivity contribution in [3.05, 3.63) is 18.2 Å². The van der Waals surface area contributed by atoms with Crippen molar-refractivity contribution in [2.75, 3.05) is 19.8 Å². The number of hydrogen-bond acceptors (Lipinski definition) is 3. The average Bonchev–Trinajstić information content (AvgIpc) is 2.57. The number of aromatic amines is 1. The maximum absolute atomic E-state index is 8.41. The summed E-state index contributed by atoms with van der Waals surface area (Å²) in [5, 5.41) is 8.41. The third kappa shape index (κ3) is 3.50. The van der Waals surface area contributed by atoms with Crippen molar-refractivity contribution < 1.29 is 9.84 Å². The van der Waals surface area contributed by atoms with E-state index in [1.165, 1.54) is 0 Å². The number of aliphatic hydroxyl groups is 1. The van der Waals surface area contributed by atoms with Crippen LogP contribution in [0.25, 0.3) is 0 Å². The van der Waals surface area contributed by atoms with Crippen molar-refractivity contribution in [2.24, 2.45) is 0 Å². The average molecular weight is 170 g/mol. The van der Waals surface area contributed by atoms with Gasteiger partial charge in [0.05, 0.1) is 19.5 Å². The van der Waals surface area contributed by atoms with E-state index >= 15 is 0 Å². The van der Waals surface area contributed by atoms with Gasteiger partial charge in [0, 0.05) is 18.5 Å². The maximum Gasteiger partial charge on any atom is 0.0921 e. The molecule has 0 aliphatic heterocycles. The van der Waals surface area contributed by atoms with Crippen LogP contribution in [-0.4, -0.2) is 34.9 Å². The van der Waals surface area contributed by atoms with Crippen LogP contribution in [0.15, 0.2) is 12.5 Å². The van der Waals surface area contributed by atoms with Gasteiger partial charge in [0.25, 0.3) is 0 Å². The Labute approximate surface area is 71.6 Å². The second kappa shape index (κ2) is 5.74. The van der Waals surface area contributed by atoms with E-state index in [2.05, 4.69) is 9.97 Å². The Balaban J connectivity index is 1.96. The second-order valence-corrected chi connectivity index (χ2v) is 2.52. The summed E-state index contributed by atoms with van der Waals surface area (Å²) in [6.45, 7) is 1.23. The molecule has 0 saturated carbocycles. The molecule has 0 amide bonds. The molecular weight excluding hydrogens is 156 g/mol. The molecular formula is C8H14N2O2. The smallest absolute Gasteiger partial charge is 0.0921 e. The molecule has 0 atom stereocenters. The zero-order chi connectivity index (χ0) is 8.65. The number of hydrogen-bond donors (Lipinski definition) is 2. The lowest BCUT2D eigenvalue weighted by Gasteiger charge is -1.99. The summed E-state index contributed by atoms with van der Waals surface area (Å²) in [6.07, 6.45) is 5.39. The van der Waals surface area contributed by atoms with Crippen LogP contribution in [0.3, 0.4) is 0 Å². The third-order valence-corrected chi connectivity index (χ3v) is 1.53. The van der Waals surface area contributed by atoms with Crippen LogP contribution in [0, 0.1) is 0 Å². The first-order valence-electron chi connectivity index (χ1n) is 4.09. The van der Waals surface area contributed by atoms with E-state index in [-0.39, 0.29) is 6.61 Å². The van der Waals surface area contributed by atoms with Crippen LogP contribution < -0.4 is 0 Å². The summed E-state index contributed by atoms with van der Waals surface area (Å²) < 4.78 is 5.10. The van der Waals surface area contributed by atoms with Gasteiger partial charge in [0.2, 0.25) is 0 Å². The molecule has 0 radical (unpaired) electrons. The fourth-order valence-electron chi connectivity index (χ4n) is 0.953. The molecule has 1 rings (SSSR count).